The van der Waals surface area contributed by atoms with Crippen LogP contribution in [0.25, 0.3) is 6.08 Å². The summed E-state index contributed by atoms with van der Waals surface area (Å²) < 4.78 is 30.3. The first-order valence-electron chi connectivity index (χ1n) is 6.99. The zero-order chi connectivity index (χ0) is 17.7. The predicted molar refractivity (Wildman–Crippen MR) is 96.8 cm³/mol. The van der Waals surface area contributed by atoms with Crippen LogP contribution in [-0.2, 0) is 21.4 Å². The van der Waals surface area contributed by atoms with Crippen molar-refractivity contribution >= 4 is 43.6 Å². The van der Waals surface area contributed by atoms with E-state index < -0.39 is 10.0 Å². The number of hydrogen-bond donors (Lipinski definition) is 1. The van der Waals surface area contributed by atoms with Gasteiger partial charge in [0.15, 0.2) is 0 Å². The molecule has 0 saturated carbocycles. The van der Waals surface area contributed by atoms with E-state index in [1.54, 1.807) is 24.3 Å². The summed E-state index contributed by atoms with van der Waals surface area (Å²) in [5.41, 5.74) is 0.683. The summed E-state index contributed by atoms with van der Waals surface area (Å²) in [6.07, 6.45) is 4.01. The maximum Gasteiger partial charge on any atom is 0.248 e. The van der Waals surface area contributed by atoms with Crippen LogP contribution in [0.5, 0.6) is 0 Å². The maximum atomic E-state index is 11.8. The molecule has 128 valence electrons. The summed E-state index contributed by atoms with van der Waals surface area (Å²) >= 11 is 3.32. The van der Waals surface area contributed by atoms with Crippen molar-refractivity contribution in [1.29, 1.82) is 0 Å². The van der Waals surface area contributed by atoms with E-state index in [9.17, 15) is 13.2 Å². The Labute approximate surface area is 149 Å². The number of carbonyl (C=O) groups excluding carboxylic acids is 1. The zero-order valence-corrected chi connectivity index (χ0v) is 15.6. The summed E-state index contributed by atoms with van der Waals surface area (Å²) in [4.78, 5) is 11.8. The molecule has 0 saturated heterocycles. The second-order valence-electron chi connectivity index (χ2n) is 5.15. The SMILES string of the molecule is CN(Cc1ccc(/C=C/C(=O)Nc2ccc(Br)cc2)o1)S(C)(=O)=O. The Morgan fingerprint density at radius 1 is 1.25 bits per heavy atom. The van der Waals surface area contributed by atoms with Gasteiger partial charge in [0.2, 0.25) is 15.9 Å². The van der Waals surface area contributed by atoms with E-state index in [1.807, 2.05) is 12.1 Å². The lowest BCUT2D eigenvalue weighted by Crippen LogP contribution is -2.24. The van der Waals surface area contributed by atoms with Crippen LogP contribution >= 0.6 is 15.9 Å². The van der Waals surface area contributed by atoms with Crippen LogP contribution in [0.2, 0.25) is 0 Å². The molecule has 1 amide bonds. The third-order valence-electron chi connectivity index (χ3n) is 3.14. The molecule has 0 fully saturated rings. The molecule has 0 aliphatic heterocycles. The highest BCUT2D eigenvalue weighted by Gasteiger charge is 2.13. The largest absolute Gasteiger partial charge is 0.460 e. The Morgan fingerprint density at radius 3 is 2.54 bits per heavy atom. The Kier molecular flexibility index (Phi) is 5.98. The first-order valence-corrected chi connectivity index (χ1v) is 9.63. The first kappa shape index (κ1) is 18.4. The van der Waals surface area contributed by atoms with Crippen LogP contribution in [0.3, 0.4) is 0 Å². The van der Waals surface area contributed by atoms with Crippen LogP contribution in [-0.4, -0.2) is 31.9 Å². The molecule has 24 heavy (non-hydrogen) atoms. The number of benzene rings is 1. The highest BCUT2D eigenvalue weighted by molar-refractivity contribution is 9.10. The molecule has 0 aliphatic carbocycles. The summed E-state index contributed by atoms with van der Waals surface area (Å²) in [6.45, 7) is 0.137. The predicted octanol–water partition coefficient (Wildman–Crippen LogP) is 3.09. The quantitative estimate of drug-likeness (QED) is 0.739. The molecule has 6 nitrogen and oxygen atoms in total. The molecule has 1 aromatic heterocycles. The second-order valence-corrected chi connectivity index (χ2v) is 8.16. The van der Waals surface area contributed by atoms with E-state index in [2.05, 4.69) is 21.2 Å². The van der Waals surface area contributed by atoms with Crippen molar-refractivity contribution < 1.29 is 17.6 Å². The number of nitrogens with zero attached hydrogens (tertiary/aromatic N) is 1. The number of nitrogens with one attached hydrogen (secondary N) is 1. The Bertz CT molecular complexity index is 841. The molecule has 0 unspecified atom stereocenters. The standard InChI is InChI=1S/C16H17BrN2O4S/c1-19(24(2,21)22)11-15-8-7-14(23-15)9-10-16(20)18-13-5-3-12(17)4-6-13/h3-10H,11H2,1-2H3,(H,18,20)/b10-9+. The summed E-state index contributed by atoms with van der Waals surface area (Å²) in [5, 5.41) is 2.72. The topological polar surface area (TPSA) is 79.6 Å². The second kappa shape index (κ2) is 7.78. The third kappa shape index (κ3) is 5.63. The van der Waals surface area contributed by atoms with Gasteiger partial charge in [-0.05, 0) is 42.5 Å². The molecule has 8 heteroatoms. The average molecular weight is 413 g/mol. The molecule has 2 rings (SSSR count). The van der Waals surface area contributed by atoms with Crippen LogP contribution in [0.1, 0.15) is 11.5 Å². The molecule has 2 aromatic rings. The number of halogens is 1. The molecule has 0 atom stereocenters. The van der Waals surface area contributed by atoms with Gasteiger partial charge < -0.3 is 9.73 Å². The van der Waals surface area contributed by atoms with Gasteiger partial charge in [-0.15, -0.1) is 0 Å². The molecular weight excluding hydrogens is 396 g/mol. The van der Waals surface area contributed by atoms with Crippen molar-refractivity contribution in [3.05, 3.63) is 58.5 Å². The van der Waals surface area contributed by atoms with Gasteiger partial charge in [0.1, 0.15) is 11.5 Å². The number of hydrogen-bond acceptors (Lipinski definition) is 4. The fourth-order valence-corrected chi connectivity index (χ4v) is 2.41. The lowest BCUT2D eigenvalue weighted by Gasteiger charge is -2.11. The Morgan fingerprint density at radius 2 is 1.92 bits per heavy atom. The molecular formula is C16H17BrN2O4S. The van der Waals surface area contributed by atoms with E-state index in [-0.39, 0.29) is 12.5 Å². The van der Waals surface area contributed by atoms with Gasteiger partial charge in [0, 0.05) is 23.3 Å². The summed E-state index contributed by atoms with van der Waals surface area (Å²) in [6, 6.07) is 10.6. The van der Waals surface area contributed by atoms with E-state index in [0.29, 0.717) is 17.2 Å². The number of sulfonamides is 1. The molecule has 0 aliphatic rings. The minimum absolute atomic E-state index is 0.137. The Hall–Kier alpha value is -1.90. The maximum absolute atomic E-state index is 11.8. The van der Waals surface area contributed by atoms with Crippen molar-refractivity contribution in [2.45, 2.75) is 6.54 Å². The monoisotopic (exact) mass is 412 g/mol. The van der Waals surface area contributed by atoms with E-state index in [0.717, 1.165) is 10.7 Å². The lowest BCUT2D eigenvalue weighted by atomic mass is 10.3. The third-order valence-corrected chi connectivity index (χ3v) is 4.93. The van der Waals surface area contributed by atoms with E-state index >= 15 is 0 Å². The van der Waals surface area contributed by atoms with Crippen molar-refractivity contribution in [3.63, 3.8) is 0 Å². The molecule has 1 N–H and O–H groups in total. The zero-order valence-electron chi connectivity index (χ0n) is 13.2. The smallest absolute Gasteiger partial charge is 0.248 e. The summed E-state index contributed by atoms with van der Waals surface area (Å²) in [5.74, 6) is 0.678. The highest BCUT2D eigenvalue weighted by atomic mass is 79.9. The van der Waals surface area contributed by atoms with Crippen LogP contribution in [0.4, 0.5) is 5.69 Å². The molecule has 0 bridgehead atoms. The minimum Gasteiger partial charge on any atom is -0.460 e. The van der Waals surface area contributed by atoms with Crippen LogP contribution in [0, 0.1) is 0 Å². The van der Waals surface area contributed by atoms with Crippen molar-refractivity contribution in [3.8, 4) is 0 Å². The van der Waals surface area contributed by atoms with Gasteiger partial charge in [0.25, 0.3) is 0 Å². The van der Waals surface area contributed by atoms with Crippen molar-refractivity contribution in [1.82, 2.24) is 4.31 Å². The molecule has 0 spiro atoms. The van der Waals surface area contributed by atoms with Crippen LogP contribution < -0.4 is 5.32 Å². The fourth-order valence-electron chi connectivity index (χ4n) is 1.78. The average Bonchev–Trinajstić information content (AvgIpc) is 2.94. The van der Waals surface area contributed by atoms with E-state index in [1.165, 1.54) is 23.5 Å². The van der Waals surface area contributed by atoms with Crippen molar-refractivity contribution in [2.24, 2.45) is 0 Å². The lowest BCUT2D eigenvalue weighted by molar-refractivity contribution is -0.111. The fraction of sp³-hybridized carbons (Fsp3) is 0.188. The number of rotatable bonds is 6. The number of anilines is 1. The van der Waals surface area contributed by atoms with Gasteiger partial charge in [-0.3, -0.25) is 4.79 Å². The number of amides is 1. The first-order chi connectivity index (χ1) is 11.2. The van der Waals surface area contributed by atoms with Gasteiger partial charge in [-0.25, -0.2) is 8.42 Å². The summed E-state index contributed by atoms with van der Waals surface area (Å²) in [7, 11) is -1.80. The van der Waals surface area contributed by atoms with Crippen molar-refractivity contribution in [2.75, 3.05) is 18.6 Å². The molecule has 1 aromatic carbocycles. The minimum atomic E-state index is -3.27. The Balaban J connectivity index is 1.94. The molecule has 1 heterocycles. The van der Waals surface area contributed by atoms with Gasteiger partial charge in [-0.1, -0.05) is 15.9 Å². The van der Waals surface area contributed by atoms with E-state index in [4.69, 9.17) is 4.42 Å². The van der Waals surface area contributed by atoms with Gasteiger partial charge in [-0.2, -0.15) is 4.31 Å². The molecule has 0 radical (unpaired) electrons. The van der Waals surface area contributed by atoms with Gasteiger partial charge in [0.05, 0.1) is 12.8 Å². The number of furan rings is 1. The highest BCUT2D eigenvalue weighted by Crippen LogP contribution is 2.15. The van der Waals surface area contributed by atoms with Gasteiger partial charge >= 0.3 is 0 Å². The normalized spacial score (nSPS) is 12.0. The van der Waals surface area contributed by atoms with Crippen LogP contribution in [0.15, 0.2) is 51.4 Å². The number of carbonyl (C=O) groups is 1.